The maximum atomic E-state index is 10.5. The zero-order valence-electron chi connectivity index (χ0n) is 12.4. The van der Waals surface area contributed by atoms with Crippen LogP contribution in [0.25, 0.3) is 0 Å². The predicted molar refractivity (Wildman–Crippen MR) is 73.8 cm³/mol. The van der Waals surface area contributed by atoms with Gasteiger partial charge in [0.2, 0.25) is 0 Å². The minimum atomic E-state index is -0.809. The molecule has 0 heterocycles. The third-order valence-electron chi connectivity index (χ3n) is 1.99. The number of para-hydroxylation sites is 1. The largest absolute Gasteiger partial charge is 0.540 e. The molecule has 0 amide bonds. The van der Waals surface area contributed by atoms with E-state index in [0.717, 1.165) is 12.8 Å². The van der Waals surface area contributed by atoms with Crippen LogP contribution >= 0.6 is 0 Å². The van der Waals surface area contributed by atoms with Crippen molar-refractivity contribution < 1.29 is 33.6 Å². The van der Waals surface area contributed by atoms with Gasteiger partial charge in [-0.15, -0.1) is 0 Å². The Hall–Kier alpha value is -2.28. The van der Waals surface area contributed by atoms with Crippen LogP contribution in [0, 0.1) is 0 Å². The van der Waals surface area contributed by atoms with Crippen LogP contribution in [-0.2, 0) is 19.2 Å². The Morgan fingerprint density at radius 1 is 1.00 bits per heavy atom. The van der Waals surface area contributed by atoms with E-state index in [4.69, 9.17) is 4.74 Å². The first-order chi connectivity index (χ1) is 10.1. The Morgan fingerprint density at radius 3 is 2.14 bits per heavy atom. The summed E-state index contributed by atoms with van der Waals surface area (Å²) < 4.78 is 13.1. The molecule has 7 nitrogen and oxygen atoms in total. The maximum Gasteiger partial charge on any atom is 0.540 e. The lowest BCUT2D eigenvalue weighted by molar-refractivity contribution is -0.253. The molecule has 0 unspecified atom stereocenters. The fraction of sp³-hybridized carbons (Fsp3) is 0.429. The van der Waals surface area contributed by atoms with E-state index in [1.165, 1.54) is 14.2 Å². The molecule has 118 valence electrons. The van der Waals surface area contributed by atoms with Crippen molar-refractivity contribution >= 4 is 12.3 Å². The Balaban J connectivity index is 0.000000384. The molecule has 0 saturated carbocycles. The van der Waals surface area contributed by atoms with Gasteiger partial charge in [0, 0.05) is 0 Å². The van der Waals surface area contributed by atoms with Crippen LogP contribution in [0.15, 0.2) is 30.3 Å². The summed E-state index contributed by atoms with van der Waals surface area (Å²) in [6, 6.07) is 8.74. The van der Waals surface area contributed by atoms with Crippen LogP contribution in [0.4, 0.5) is 9.59 Å². The average Bonchev–Trinajstić information content (AvgIpc) is 2.52. The van der Waals surface area contributed by atoms with E-state index in [2.05, 4.69) is 19.2 Å². The van der Waals surface area contributed by atoms with Gasteiger partial charge in [-0.2, -0.15) is 4.89 Å². The summed E-state index contributed by atoms with van der Waals surface area (Å²) in [5.41, 5.74) is 0. The lowest BCUT2D eigenvalue weighted by Crippen LogP contribution is -2.06. The Kier molecular flexibility index (Phi) is 11.4. The summed E-state index contributed by atoms with van der Waals surface area (Å²) in [5.74, 6) is 0.486. The van der Waals surface area contributed by atoms with E-state index in [1.807, 2.05) is 13.0 Å². The number of rotatable bonds is 5. The van der Waals surface area contributed by atoms with Crippen molar-refractivity contribution in [3.05, 3.63) is 30.3 Å². The van der Waals surface area contributed by atoms with Crippen LogP contribution < -0.4 is 4.74 Å². The molecule has 0 saturated heterocycles. The molecule has 0 radical (unpaired) electrons. The van der Waals surface area contributed by atoms with Crippen molar-refractivity contribution in [3.63, 3.8) is 0 Å². The van der Waals surface area contributed by atoms with E-state index in [0.29, 0.717) is 12.4 Å². The molecule has 1 aromatic rings. The van der Waals surface area contributed by atoms with Crippen molar-refractivity contribution in [3.8, 4) is 5.75 Å². The molecule has 0 aliphatic carbocycles. The minimum absolute atomic E-state index is 0.422. The first-order valence-corrected chi connectivity index (χ1v) is 6.32. The van der Waals surface area contributed by atoms with Crippen LogP contribution in [-0.4, -0.2) is 33.1 Å². The fourth-order valence-electron chi connectivity index (χ4n) is 0.953. The van der Waals surface area contributed by atoms with Crippen molar-refractivity contribution in [1.29, 1.82) is 0 Å². The Labute approximate surface area is 123 Å². The molecule has 0 aliphatic rings. The Bertz CT molecular complexity index is 392. The first-order valence-electron chi connectivity index (χ1n) is 6.32. The number of ether oxygens (including phenoxy) is 3. The molecular formula is C14H20O7. The van der Waals surface area contributed by atoms with E-state index >= 15 is 0 Å². The third-order valence-corrected chi connectivity index (χ3v) is 1.99. The van der Waals surface area contributed by atoms with Crippen molar-refractivity contribution in [2.24, 2.45) is 0 Å². The second-order valence-corrected chi connectivity index (χ2v) is 3.58. The van der Waals surface area contributed by atoms with E-state index in [1.54, 1.807) is 24.3 Å². The quantitative estimate of drug-likeness (QED) is 0.271. The second kappa shape index (κ2) is 12.7. The van der Waals surface area contributed by atoms with Gasteiger partial charge < -0.3 is 14.2 Å². The van der Waals surface area contributed by atoms with E-state index in [-0.39, 0.29) is 0 Å². The molecule has 7 heteroatoms. The van der Waals surface area contributed by atoms with E-state index in [9.17, 15) is 9.59 Å². The number of hydrogen-bond donors (Lipinski definition) is 0. The minimum Gasteiger partial charge on any atom is -0.437 e. The molecule has 0 aromatic heterocycles. The fourth-order valence-corrected chi connectivity index (χ4v) is 0.953. The van der Waals surface area contributed by atoms with Crippen molar-refractivity contribution in [2.45, 2.75) is 19.8 Å². The first kappa shape index (κ1) is 18.7. The van der Waals surface area contributed by atoms with Gasteiger partial charge in [-0.25, -0.2) is 9.59 Å². The van der Waals surface area contributed by atoms with Gasteiger partial charge >= 0.3 is 12.3 Å². The molecule has 21 heavy (non-hydrogen) atoms. The molecule has 0 bridgehead atoms. The van der Waals surface area contributed by atoms with Gasteiger partial charge in [-0.3, -0.25) is 4.89 Å². The third kappa shape index (κ3) is 11.3. The smallest absolute Gasteiger partial charge is 0.437 e. The monoisotopic (exact) mass is 300 g/mol. The van der Waals surface area contributed by atoms with Gasteiger partial charge in [0.1, 0.15) is 5.75 Å². The van der Waals surface area contributed by atoms with Crippen LogP contribution in [0.5, 0.6) is 5.75 Å². The number of hydrogen-bond acceptors (Lipinski definition) is 7. The van der Waals surface area contributed by atoms with Gasteiger partial charge in [-0.1, -0.05) is 31.5 Å². The maximum absolute atomic E-state index is 10.5. The second-order valence-electron chi connectivity index (χ2n) is 3.58. The molecule has 1 aromatic carbocycles. The van der Waals surface area contributed by atoms with Gasteiger partial charge in [0.05, 0.1) is 20.8 Å². The highest BCUT2D eigenvalue weighted by Crippen LogP contribution is 2.08. The molecular weight excluding hydrogens is 280 g/mol. The van der Waals surface area contributed by atoms with Gasteiger partial charge in [-0.05, 0) is 18.6 Å². The van der Waals surface area contributed by atoms with Crippen LogP contribution in [0.3, 0.4) is 0 Å². The topological polar surface area (TPSA) is 80.3 Å². The number of unbranched alkanes of at least 4 members (excludes halogenated alkanes) is 1. The standard InChI is InChI=1S/C8H8O3.C6H12O4/c1-10-8(9)11-7-5-3-2-4-6-7;1-3-4-5-9-10-6(7)8-2/h2-6H,1H3;3-5H2,1-2H3. The molecule has 0 aliphatic heterocycles. The highest BCUT2D eigenvalue weighted by Gasteiger charge is 2.00. The molecule has 0 spiro atoms. The van der Waals surface area contributed by atoms with Gasteiger partial charge in [0.25, 0.3) is 0 Å². The van der Waals surface area contributed by atoms with Gasteiger partial charge in [0.15, 0.2) is 0 Å². The lowest BCUT2D eigenvalue weighted by atomic mass is 10.3. The van der Waals surface area contributed by atoms with E-state index < -0.39 is 12.3 Å². The normalized spacial score (nSPS) is 8.90. The summed E-state index contributed by atoms with van der Waals surface area (Å²) in [6.07, 6.45) is 0.369. The summed E-state index contributed by atoms with van der Waals surface area (Å²) in [5, 5.41) is 0. The van der Waals surface area contributed by atoms with Crippen LogP contribution in [0.2, 0.25) is 0 Å². The SMILES string of the molecule is CCCCOOC(=O)OC.COC(=O)Oc1ccccc1. The highest BCUT2D eigenvalue weighted by atomic mass is 17.2. The summed E-state index contributed by atoms with van der Waals surface area (Å²) in [6.45, 7) is 2.44. The highest BCUT2D eigenvalue weighted by molar-refractivity contribution is 5.63. The molecule has 0 fully saturated rings. The summed E-state index contributed by atoms with van der Waals surface area (Å²) in [4.78, 5) is 29.3. The summed E-state index contributed by atoms with van der Waals surface area (Å²) in [7, 11) is 2.50. The molecule has 0 N–H and O–H groups in total. The number of methoxy groups -OCH3 is 2. The zero-order chi connectivity index (χ0) is 15.9. The zero-order valence-corrected chi connectivity index (χ0v) is 12.4. The number of carbonyl (C=O) groups is 2. The summed E-state index contributed by atoms with van der Waals surface area (Å²) >= 11 is 0. The average molecular weight is 300 g/mol. The number of carbonyl (C=O) groups excluding carboxylic acids is 2. The van der Waals surface area contributed by atoms with Crippen molar-refractivity contribution in [1.82, 2.24) is 0 Å². The Morgan fingerprint density at radius 2 is 1.62 bits per heavy atom. The predicted octanol–water partition coefficient (Wildman–Crippen LogP) is 3.33. The number of benzene rings is 1. The van der Waals surface area contributed by atoms with Crippen LogP contribution in [0.1, 0.15) is 19.8 Å². The lowest BCUT2D eigenvalue weighted by Gasteiger charge is -1.99. The van der Waals surface area contributed by atoms with Crippen molar-refractivity contribution in [2.75, 3.05) is 20.8 Å². The molecule has 1 rings (SSSR count). The molecule has 0 atom stereocenters.